The summed E-state index contributed by atoms with van der Waals surface area (Å²) in [4.78, 5) is 21.4. The molecule has 0 rings (SSSR count). The third-order valence-corrected chi connectivity index (χ3v) is 3.27. The molecule has 0 aromatic carbocycles. The lowest BCUT2D eigenvalue weighted by Gasteiger charge is -2.28. The smallest absolute Gasteiger partial charge is 0.406 e. The van der Waals surface area contributed by atoms with Crippen LogP contribution in [0.3, 0.4) is 0 Å². The molecule has 0 fully saturated rings. The van der Waals surface area contributed by atoms with E-state index in [9.17, 15) is 9.59 Å². The topological polar surface area (TPSA) is 66.4 Å². The van der Waals surface area contributed by atoms with Crippen LogP contribution in [0.1, 0.15) is 20.8 Å². The number of alkyl halides is 1. The van der Waals surface area contributed by atoms with Crippen molar-refractivity contribution in [1.82, 2.24) is 5.32 Å². The molecule has 12 heavy (non-hydrogen) atoms. The Morgan fingerprint density at radius 3 is 2.00 bits per heavy atom. The van der Waals surface area contributed by atoms with Crippen LogP contribution in [0, 0.1) is 5.92 Å². The van der Waals surface area contributed by atoms with Crippen molar-refractivity contribution in [2.24, 2.45) is 5.92 Å². The number of halogens is 1. The number of hydrogen-bond acceptors (Lipinski definition) is 2. The fourth-order valence-electron chi connectivity index (χ4n) is 0.795. The molecule has 0 saturated heterocycles. The van der Waals surface area contributed by atoms with Crippen LogP contribution in [0.15, 0.2) is 0 Å². The summed E-state index contributed by atoms with van der Waals surface area (Å²) in [5, 5.41) is 10.6. The highest BCUT2D eigenvalue weighted by atomic mass is 79.9. The second-order valence-corrected chi connectivity index (χ2v) is 4.10. The van der Waals surface area contributed by atoms with Gasteiger partial charge in [0.15, 0.2) is 10.2 Å². The summed E-state index contributed by atoms with van der Waals surface area (Å²) in [6.45, 7) is 4.85. The van der Waals surface area contributed by atoms with Crippen LogP contribution in [0.25, 0.3) is 0 Å². The summed E-state index contributed by atoms with van der Waals surface area (Å²) in [5.74, 6) is -0.383. The predicted molar refractivity (Wildman–Crippen MR) is 48.3 cm³/mol. The zero-order chi connectivity index (χ0) is 9.94. The van der Waals surface area contributed by atoms with Crippen molar-refractivity contribution in [3.8, 4) is 0 Å². The fourth-order valence-corrected chi connectivity index (χ4v) is 0.964. The Kier molecular flexibility index (Phi) is 3.70. The normalized spacial score (nSPS) is 15.4. The standard InChI is InChI=1S/C7H12BrNO3/c1-4(2)7(8,5(3)10)9-6(11)12/h4,9H,1-3H3,(H,11,12)/t7-/m0/s1. The van der Waals surface area contributed by atoms with Gasteiger partial charge >= 0.3 is 6.09 Å². The van der Waals surface area contributed by atoms with Gasteiger partial charge in [-0.25, -0.2) is 4.79 Å². The maximum Gasteiger partial charge on any atom is 0.406 e. The number of nitrogens with one attached hydrogen (secondary N) is 1. The average Bonchev–Trinajstić information content (AvgIpc) is 1.84. The predicted octanol–water partition coefficient (Wildman–Crippen LogP) is 1.59. The molecule has 5 heteroatoms. The molecule has 0 aliphatic rings. The molecule has 0 aliphatic carbocycles. The van der Waals surface area contributed by atoms with Crippen LogP contribution < -0.4 is 5.32 Å². The maximum absolute atomic E-state index is 11.1. The zero-order valence-electron chi connectivity index (χ0n) is 7.22. The van der Waals surface area contributed by atoms with Gasteiger partial charge in [-0.3, -0.25) is 10.1 Å². The Morgan fingerprint density at radius 1 is 1.50 bits per heavy atom. The van der Waals surface area contributed by atoms with Gasteiger partial charge in [0.05, 0.1) is 0 Å². The van der Waals surface area contributed by atoms with Crippen molar-refractivity contribution >= 4 is 27.8 Å². The summed E-state index contributed by atoms with van der Waals surface area (Å²) < 4.78 is -1.15. The Morgan fingerprint density at radius 2 is 1.92 bits per heavy atom. The van der Waals surface area contributed by atoms with E-state index in [1.54, 1.807) is 13.8 Å². The van der Waals surface area contributed by atoms with E-state index in [4.69, 9.17) is 5.11 Å². The first-order valence-electron chi connectivity index (χ1n) is 3.51. The molecule has 0 aliphatic heterocycles. The van der Waals surface area contributed by atoms with Gasteiger partial charge in [0.25, 0.3) is 0 Å². The Hall–Kier alpha value is -0.580. The summed E-state index contributed by atoms with van der Waals surface area (Å²) >= 11 is 3.07. The van der Waals surface area contributed by atoms with Gasteiger partial charge in [-0.1, -0.05) is 29.8 Å². The Balaban J connectivity index is 4.62. The van der Waals surface area contributed by atoms with Crippen molar-refractivity contribution in [2.45, 2.75) is 25.2 Å². The van der Waals surface area contributed by atoms with Crippen LogP contribution >= 0.6 is 15.9 Å². The number of amides is 1. The number of Topliss-reactive ketones (excluding diaryl/α,β-unsaturated/α-hetero) is 1. The minimum absolute atomic E-state index is 0.133. The summed E-state index contributed by atoms with van der Waals surface area (Å²) in [7, 11) is 0. The molecule has 2 N–H and O–H groups in total. The summed E-state index contributed by atoms with van der Waals surface area (Å²) in [6, 6.07) is 0. The van der Waals surface area contributed by atoms with Gasteiger partial charge in [-0.2, -0.15) is 0 Å². The molecule has 0 aromatic rings. The lowest BCUT2D eigenvalue weighted by Crippen LogP contribution is -2.51. The lowest BCUT2D eigenvalue weighted by atomic mass is 10.0. The first-order valence-corrected chi connectivity index (χ1v) is 4.31. The molecule has 0 bridgehead atoms. The molecule has 1 amide bonds. The number of rotatable bonds is 3. The van der Waals surface area contributed by atoms with E-state index in [2.05, 4.69) is 21.2 Å². The molecule has 0 aromatic heterocycles. The van der Waals surface area contributed by atoms with Gasteiger partial charge < -0.3 is 5.11 Å². The SMILES string of the molecule is CC(=O)[C@@](Br)(NC(=O)O)C(C)C. The van der Waals surface area contributed by atoms with Crippen molar-refractivity contribution in [3.05, 3.63) is 0 Å². The Labute approximate surface area is 79.5 Å². The van der Waals surface area contributed by atoms with Crippen molar-refractivity contribution in [2.75, 3.05) is 0 Å². The minimum atomic E-state index is -1.21. The molecule has 70 valence electrons. The number of carbonyl (C=O) groups is 2. The summed E-state index contributed by atoms with van der Waals surface area (Å²) in [6.07, 6.45) is -1.21. The first-order chi connectivity index (χ1) is 5.30. The molecule has 0 saturated carbocycles. The van der Waals surface area contributed by atoms with Crippen LogP contribution in [-0.4, -0.2) is 21.4 Å². The monoisotopic (exact) mass is 237 g/mol. The third-order valence-electron chi connectivity index (χ3n) is 1.60. The number of ketones is 1. The molecule has 0 heterocycles. The van der Waals surface area contributed by atoms with Crippen LogP contribution in [0.4, 0.5) is 4.79 Å². The van der Waals surface area contributed by atoms with Gasteiger partial charge in [0.2, 0.25) is 0 Å². The van der Waals surface area contributed by atoms with Crippen molar-refractivity contribution in [1.29, 1.82) is 0 Å². The highest BCUT2D eigenvalue weighted by Crippen LogP contribution is 2.25. The van der Waals surface area contributed by atoms with Gasteiger partial charge in [0.1, 0.15) is 0 Å². The molecular formula is C7H12BrNO3. The largest absolute Gasteiger partial charge is 0.465 e. The second kappa shape index (κ2) is 3.89. The van der Waals surface area contributed by atoms with Crippen LogP contribution in [-0.2, 0) is 4.79 Å². The van der Waals surface area contributed by atoms with Gasteiger partial charge in [-0.05, 0) is 12.8 Å². The Bertz CT molecular complexity index is 205. The van der Waals surface area contributed by atoms with Crippen molar-refractivity contribution in [3.63, 3.8) is 0 Å². The highest BCUT2D eigenvalue weighted by Gasteiger charge is 2.37. The van der Waals surface area contributed by atoms with E-state index >= 15 is 0 Å². The first kappa shape index (κ1) is 11.4. The van der Waals surface area contributed by atoms with E-state index < -0.39 is 10.5 Å². The van der Waals surface area contributed by atoms with E-state index in [0.29, 0.717) is 0 Å². The second-order valence-electron chi connectivity index (χ2n) is 2.85. The number of carbonyl (C=O) groups excluding carboxylic acids is 1. The zero-order valence-corrected chi connectivity index (χ0v) is 8.81. The number of carboxylic acid groups (broad SMARTS) is 1. The molecule has 0 spiro atoms. The van der Waals surface area contributed by atoms with Gasteiger partial charge in [-0.15, -0.1) is 0 Å². The van der Waals surface area contributed by atoms with Crippen LogP contribution in [0.2, 0.25) is 0 Å². The molecule has 1 atom stereocenters. The molecule has 0 unspecified atom stereocenters. The molecule has 4 nitrogen and oxygen atoms in total. The minimum Gasteiger partial charge on any atom is -0.465 e. The van der Waals surface area contributed by atoms with E-state index in [-0.39, 0.29) is 11.7 Å². The molecular weight excluding hydrogens is 226 g/mol. The number of hydrogen-bond donors (Lipinski definition) is 2. The maximum atomic E-state index is 11.1. The quantitative estimate of drug-likeness (QED) is 0.579. The fraction of sp³-hybridized carbons (Fsp3) is 0.714. The lowest BCUT2D eigenvalue weighted by molar-refractivity contribution is -0.120. The van der Waals surface area contributed by atoms with Crippen LogP contribution in [0.5, 0.6) is 0 Å². The van der Waals surface area contributed by atoms with Crippen molar-refractivity contribution < 1.29 is 14.7 Å². The molecule has 0 radical (unpaired) electrons. The van der Waals surface area contributed by atoms with Gasteiger partial charge in [0, 0.05) is 0 Å². The average molecular weight is 238 g/mol. The summed E-state index contributed by atoms with van der Waals surface area (Å²) in [5.41, 5.74) is 0. The van der Waals surface area contributed by atoms with E-state index in [1.807, 2.05) is 0 Å². The van der Waals surface area contributed by atoms with E-state index in [0.717, 1.165) is 0 Å². The third kappa shape index (κ3) is 2.48. The van der Waals surface area contributed by atoms with E-state index in [1.165, 1.54) is 6.92 Å². The highest BCUT2D eigenvalue weighted by molar-refractivity contribution is 9.10.